The number of aryl methyl sites for hydroxylation is 1. The summed E-state index contributed by atoms with van der Waals surface area (Å²) in [5.41, 5.74) is -0.713. The molecule has 2 N–H and O–H groups in total. The van der Waals surface area contributed by atoms with Crippen LogP contribution in [-0.2, 0) is 4.79 Å². The van der Waals surface area contributed by atoms with Crippen molar-refractivity contribution in [2.75, 3.05) is 0 Å². The Bertz CT molecular complexity index is 427. The van der Waals surface area contributed by atoms with Crippen LogP contribution in [0.1, 0.15) is 42.9 Å². The van der Waals surface area contributed by atoms with E-state index in [4.69, 9.17) is 9.63 Å². The molecule has 1 aromatic heterocycles. The zero-order valence-electron chi connectivity index (χ0n) is 10.1. The number of aromatic nitrogens is 1. The fourth-order valence-corrected chi connectivity index (χ4v) is 1.51. The molecule has 17 heavy (non-hydrogen) atoms. The standard InChI is InChI=1S/C11H16N2O4/c1-4-5-11(3,10(15)16)12-9(14)8-6-7(2)13-17-8/h6H,4-5H2,1-3H3,(H,12,14)(H,15,16). The van der Waals surface area contributed by atoms with E-state index in [0.29, 0.717) is 18.5 Å². The first kappa shape index (κ1) is 13.2. The molecule has 6 heteroatoms. The topological polar surface area (TPSA) is 92.4 Å². The van der Waals surface area contributed by atoms with Crippen LogP contribution in [0.25, 0.3) is 0 Å². The summed E-state index contributed by atoms with van der Waals surface area (Å²) in [5.74, 6) is -1.61. The molecule has 1 amide bonds. The molecule has 1 rings (SSSR count). The maximum absolute atomic E-state index is 11.7. The van der Waals surface area contributed by atoms with Crippen molar-refractivity contribution in [2.45, 2.75) is 39.2 Å². The van der Waals surface area contributed by atoms with Gasteiger partial charge in [0.15, 0.2) is 0 Å². The third-order valence-corrected chi connectivity index (χ3v) is 2.46. The van der Waals surface area contributed by atoms with E-state index in [9.17, 15) is 9.59 Å². The molecule has 0 aliphatic rings. The minimum atomic E-state index is -1.29. The van der Waals surface area contributed by atoms with Gasteiger partial charge >= 0.3 is 5.97 Å². The van der Waals surface area contributed by atoms with Gasteiger partial charge in [0.25, 0.3) is 5.91 Å². The summed E-state index contributed by atoms with van der Waals surface area (Å²) in [5, 5.41) is 15.1. The van der Waals surface area contributed by atoms with Crippen LogP contribution < -0.4 is 5.32 Å². The largest absolute Gasteiger partial charge is 0.480 e. The lowest BCUT2D eigenvalue weighted by atomic mass is 9.96. The zero-order chi connectivity index (χ0) is 13.1. The van der Waals surface area contributed by atoms with Crippen molar-refractivity contribution in [3.63, 3.8) is 0 Å². The second kappa shape index (κ2) is 4.99. The van der Waals surface area contributed by atoms with Gasteiger partial charge in [0.1, 0.15) is 5.54 Å². The summed E-state index contributed by atoms with van der Waals surface area (Å²) in [4.78, 5) is 22.9. The molecule has 0 bridgehead atoms. The van der Waals surface area contributed by atoms with Crippen molar-refractivity contribution in [1.29, 1.82) is 0 Å². The predicted molar refractivity (Wildman–Crippen MR) is 59.7 cm³/mol. The zero-order valence-corrected chi connectivity index (χ0v) is 10.1. The molecule has 0 aliphatic carbocycles. The van der Waals surface area contributed by atoms with Gasteiger partial charge in [-0.3, -0.25) is 4.79 Å². The molecule has 0 fully saturated rings. The highest BCUT2D eigenvalue weighted by Gasteiger charge is 2.34. The lowest BCUT2D eigenvalue weighted by Gasteiger charge is -2.24. The SMILES string of the molecule is CCCC(C)(NC(=O)c1cc(C)no1)C(=O)O. The average molecular weight is 240 g/mol. The van der Waals surface area contributed by atoms with E-state index in [1.165, 1.54) is 13.0 Å². The molecule has 0 saturated heterocycles. The monoisotopic (exact) mass is 240 g/mol. The summed E-state index contributed by atoms with van der Waals surface area (Å²) in [6.07, 6.45) is 1.000. The van der Waals surface area contributed by atoms with Crippen LogP contribution in [0.2, 0.25) is 0 Å². The number of hydrogen-bond donors (Lipinski definition) is 2. The Balaban J connectivity index is 2.81. The van der Waals surface area contributed by atoms with E-state index < -0.39 is 17.4 Å². The number of carbonyl (C=O) groups is 2. The molecule has 6 nitrogen and oxygen atoms in total. The Labute approximate surface area is 99.0 Å². The molecular weight excluding hydrogens is 224 g/mol. The van der Waals surface area contributed by atoms with E-state index in [2.05, 4.69) is 10.5 Å². The van der Waals surface area contributed by atoms with Gasteiger partial charge in [-0.05, 0) is 20.3 Å². The second-order valence-electron chi connectivity index (χ2n) is 4.17. The van der Waals surface area contributed by atoms with Crippen molar-refractivity contribution in [2.24, 2.45) is 0 Å². The first-order valence-corrected chi connectivity index (χ1v) is 5.38. The summed E-state index contributed by atoms with van der Waals surface area (Å²) >= 11 is 0. The molecule has 1 unspecified atom stereocenters. The fraction of sp³-hybridized carbons (Fsp3) is 0.545. The number of carboxylic acid groups (broad SMARTS) is 1. The number of carbonyl (C=O) groups excluding carboxylic acids is 1. The number of aliphatic carboxylic acids is 1. The van der Waals surface area contributed by atoms with Gasteiger partial charge in [-0.1, -0.05) is 18.5 Å². The van der Waals surface area contributed by atoms with Crippen LogP contribution >= 0.6 is 0 Å². The molecule has 0 aromatic carbocycles. The Morgan fingerprint density at radius 3 is 2.65 bits per heavy atom. The van der Waals surface area contributed by atoms with Crippen LogP contribution in [0.4, 0.5) is 0 Å². The van der Waals surface area contributed by atoms with Crippen molar-refractivity contribution in [3.05, 3.63) is 17.5 Å². The van der Waals surface area contributed by atoms with Crippen LogP contribution in [0.3, 0.4) is 0 Å². The maximum Gasteiger partial charge on any atom is 0.329 e. The van der Waals surface area contributed by atoms with Crippen molar-refractivity contribution in [1.82, 2.24) is 10.5 Å². The van der Waals surface area contributed by atoms with Crippen LogP contribution in [-0.4, -0.2) is 27.7 Å². The normalized spacial score (nSPS) is 14.1. The molecular formula is C11H16N2O4. The highest BCUT2D eigenvalue weighted by Crippen LogP contribution is 2.14. The van der Waals surface area contributed by atoms with Crippen molar-refractivity contribution in [3.8, 4) is 0 Å². The highest BCUT2D eigenvalue weighted by molar-refractivity contribution is 5.95. The van der Waals surface area contributed by atoms with Crippen LogP contribution in [0.15, 0.2) is 10.6 Å². The minimum Gasteiger partial charge on any atom is -0.480 e. The molecule has 1 atom stereocenters. The number of rotatable bonds is 5. The minimum absolute atomic E-state index is 0.0195. The average Bonchev–Trinajstić information content (AvgIpc) is 2.65. The summed E-state index contributed by atoms with van der Waals surface area (Å²) in [7, 11) is 0. The van der Waals surface area contributed by atoms with E-state index in [-0.39, 0.29) is 5.76 Å². The Morgan fingerprint density at radius 2 is 2.24 bits per heavy atom. The lowest BCUT2D eigenvalue weighted by Crippen LogP contribution is -2.52. The van der Waals surface area contributed by atoms with Gasteiger partial charge < -0.3 is 14.9 Å². The van der Waals surface area contributed by atoms with Crippen LogP contribution in [0, 0.1) is 6.92 Å². The number of hydrogen-bond acceptors (Lipinski definition) is 4. The number of nitrogens with one attached hydrogen (secondary N) is 1. The van der Waals surface area contributed by atoms with E-state index in [1.807, 2.05) is 6.92 Å². The fourth-order valence-electron chi connectivity index (χ4n) is 1.51. The second-order valence-corrected chi connectivity index (χ2v) is 4.17. The molecule has 1 heterocycles. The Hall–Kier alpha value is -1.85. The Kier molecular flexibility index (Phi) is 3.88. The van der Waals surface area contributed by atoms with Crippen molar-refractivity contribution < 1.29 is 19.2 Å². The summed E-state index contributed by atoms with van der Waals surface area (Å²) in [6, 6.07) is 1.46. The first-order valence-electron chi connectivity index (χ1n) is 5.38. The van der Waals surface area contributed by atoms with Gasteiger partial charge in [-0.15, -0.1) is 0 Å². The Morgan fingerprint density at radius 1 is 1.59 bits per heavy atom. The third kappa shape index (κ3) is 3.05. The predicted octanol–water partition coefficient (Wildman–Crippen LogP) is 1.36. The summed E-state index contributed by atoms with van der Waals surface area (Å²) < 4.78 is 4.77. The van der Waals surface area contributed by atoms with E-state index in [1.54, 1.807) is 6.92 Å². The molecule has 0 saturated carbocycles. The molecule has 0 aliphatic heterocycles. The summed E-state index contributed by atoms with van der Waals surface area (Å²) in [6.45, 7) is 5.01. The molecule has 1 aromatic rings. The molecule has 0 radical (unpaired) electrons. The smallest absolute Gasteiger partial charge is 0.329 e. The number of carboxylic acids is 1. The third-order valence-electron chi connectivity index (χ3n) is 2.46. The number of nitrogens with zero attached hydrogens (tertiary/aromatic N) is 1. The highest BCUT2D eigenvalue weighted by atomic mass is 16.5. The van der Waals surface area contributed by atoms with Gasteiger partial charge in [0, 0.05) is 6.07 Å². The van der Waals surface area contributed by atoms with Gasteiger partial charge in [-0.2, -0.15) is 0 Å². The quantitative estimate of drug-likeness (QED) is 0.810. The van der Waals surface area contributed by atoms with Gasteiger partial charge in [-0.25, -0.2) is 4.79 Å². The van der Waals surface area contributed by atoms with E-state index >= 15 is 0 Å². The maximum atomic E-state index is 11.7. The first-order chi connectivity index (χ1) is 7.89. The number of amides is 1. The van der Waals surface area contributed by atoms with Gasteiger partial charge in [0.2, 0.25) is 5.76 Å². The molecule has 94 valence electrons. The molecule has 0 spiro atoms. The lowest BCUT2D eigenvalue weighted by molar-refractivity contribution is -0.144. The van der Waals surface area contributed by atoms with Gasteiger partial charge in [0.05, 0.1) is 5.69 Å². The van der Waals surface area contributed by atoms with Crippen LogP contribution in [0.5, 0.6) is 0 Å². The van der Waals surface area contributed by atoms with Crippen molar-refractivity contribution >= 4 is 11.9 Å². The van der Waals surface area contributed by atoms with E-state index in [0.717, 1.165) is 0 Å².